The molecule has 0 aliphatic carbocycles. The highest BCUT2D eigenvalue weighted by molar-refractivity contribution is 6.26. The zero-order valence-electron chi connectivity index (χ0n) is 18.0. The summed E-state index contributed by atoms with van der Waals surface area (Å²) in [5.41, 5.74) is 1.83. The largest absolute Gasteiger partial charge is 0.393 e. The molecule has 0 heterocycles. The molecule has 28 heavy (non-hydrogen) atoms. The Kier molecular flexibility index (Phi) is 10.7. The van der Waals surface area contributed by atoms with Gasteiger partial charge in [-0.1, -0.05) is 39.8 Å². The zero-order chi connectivity index (χ0) is 21.4. The number of benzene rings is 1. The SMILES string of the molecule is C[Si]OC(O[Si]C)C(C)(C)c1ccc(C=O)cc1C(C)(C)C(O[Si]C)O[Si]C. The fourth-order valence-electron chi connectivity index (χ4n) is 3.05. The third kappa shape index (κ3) is 6.05. The van der Waals surface area contributed by atoms with E-state index < -0.39 is 17.1 Å². The lowest BCUT2D eigenvalue weighted by Crippen LogP contribution is -2.45. The van der Waals surface area contributed by atoms with Crippen LogP contribution in [0.25, 0.3) is 0 Å². The maximum absolute atomic E-state index is 11.5. The van der Waals surface area contributed by atoms with Gasteiger partial charge in [0, 0.05) is 16.4 Å². The Hall–Kier alpha value is -0.402. The summed E-state index contributed by atoms with van der Waals surface area (Å²) < 4.78 is 23.9. The lowest BCUT2D eigenvalue weighted by molar-refractivity contribution is -0.0522. The molecule has 152 valence electrons. The molecule has 1 aromatic rings. The van der Waals surface area contributed by atoms with Crippen molar-refractivity contribution < 1.29 is 22.5 Å². The lowest BCUT2D eigenvalue weighted by Gasteiger charge is -2.41. The first-order valence-electron chi connectivity index (χ1n) is 9.10. The quantitative estimate of drug-likeness (QED) is 0.262. The van der Waals surface area contributed by atoms with Crippen molar-refractivity contribution in [2.45, 2.75) is 77.3 Å². The first-order valence-corrected chi connectivity index (χ1v) is 14.7. The van der Waals surface area contributed by atoms with Crippen molar-refractivity contribution in [3.05, 3.63) is 34.9 Å². The van der Waals surface area contributed by atoms with Crippen molar-refractivity contribution in [2.24, 2.45) is 0 Å². The molecule has 0 bridgehead atoms. The van der Waals surface area contributed by atoms with Crippen molar-refractivity contribution in [2.75, 3.05) is 0 Å². The highest BCUT2D eigenvalue weighted by Gasteiger charge is 2.41. The molecule has 0 aliphatic heterocycles. The van der Waals surface area contributed by atoms with Gasteiger partial charge in [0.15, 0.2) is 0 Å². The molecular weight excluding hydrogens is 421 g/mol. The molecule has 0 fully saturated rings. The van der Waals surface area contributed by atoms with Gasteiger partial charge in [-0.15, -0.1) is 0 Å². The molecule has 8 radical (unpaired) electrons. The summed E-state index contributed by atoms with van der Waals surface area (Å²) in [6.07, 6.45) is 0.0934. The van der Waals surface area contributed by atoms with Crippen LogP contribution in [0.15, 0.2) is 18.2 Å². The number of hydrogen-bond donors (Lipinski definition) is 0. The first kappa shape index (κ1) is 25.6. The molecule has 0 amide bonds. The van der Waals surface area contributed by atoms with Gasteiger partial charge >= 0.3 is 0 Å². The van der Waals surface area contributed by atoms with Crippen molar-refractivity contribution in [1.82, 2.24) is 0 Å². The minimum Gasteiger partial charge on any atom is -0.393 e. The van der Waals surface area contributed by atoms with Crippen LogP contribution in [0.3, 0.4) is 0 Å². The normalized spacial score (nSPS) is 12.8. The van der Waals surface area contributed by atoms with Gasteiger partial charge < -0.3 is 17.7 Å². The highest BCUT2D eigenvalue weighted by Crippen LogP contribution is 2.40. The molecule has 0 saturated heterocycles. The Labute approximate surface area is 180 Å². The van der Waals surface area contributed by atoms with Gasteiger partial charge in [-0.25, -0.2) is 0 Å². The summed E-state index contributed by atoms with van der Waals surface area (Å²) in [4.78, 5) is 11.5. The van der Waals surface area contributed by atoms with Crippen LogP contribution in [-0.2, 0) is 28.5 Å². The van der Waals surface area contributed by atoms with Crippen molar-refractivity contribution in [3.63, 3.8) is 0 Å². The minimum absolute atomic E-state index is 0.305. The number of rotatable bonds is 13. The first-order chi connectivity index (χ1) is 13.2. The zero-order valence-corrected chi connectivity index (χ0v) is 22.0. The van der Waals surface area contributed by atoms with E-state index in [1.165, 1.54) is 0 Å². The Morgan fingerprint density at radius 3 is 1.50 bits per heavy atom. The molecule has 0 spiro atoms. The number of hydrogen-bond acceptors (Lipinski definition) is 5. The van der Waals surface area contributed by atoms with Gasteiger partial charge in [0.2, 0.25) is 39.1 Å². The summed E-state index contributed by atoms with van der Waals surface area (Å²) in [6, 6.07) is 5.81. The van der Waals surface area contributed by atoms with Crippen LogP contribution in [-0.4, -0.2) is 57.9 Å². The van der Waals surface area contributed by atoms with E-state index in [0.29, 0.717) is 44.6 Å². The molecule has 0 unspecified atom stereocenters. The van der Waals surface area contributed by atoms with Gasteiger partial charge in [-0.3, -0.25) is 4.79 Å². The van der Waals surface area contributed by atoms with E-state index in [9.17, 15) is 4.79 Å². The Balaban J connectivity index is 3.58. The van der Waals surface area contributed by atoms with Gasteiger partial charge in [-0.05, 0) is 43.4 Å². The molecule has 0 aromatic heterocycles. The van der Waals surface area contributed by atoms with Crippen molar-refractivity contribution in [3.8, 4) is 0 Å². The van der Waals surface area contributed by atoms with Gasteiger partial charge in [0.1, 0.15) is 18.9 Å². The van der Waals surface area contributed by atoms with Crippen LogP contribution in [0.4, 0.5) is 0 Å². The third-order valence-corrected chi connectivity index (χ3v) is 6.45. The predicted octanol–water partition coefficient (Wildman–Crippen LogP) is 3.44. The molecule has 1 aromatic carbocycles. The van der Waals surface area contributed by atoms with E-state index in [1.807, 2.05) is 44.4 Å². The fraction of sp³-hybridized carbons (Fsp3) is 0.632. The molecule has 0 saturated carbocycles. The van der Waals surface area contributed by atoms with E-state index >= 15 is 0 Å². The monoisotopic (exact) mass is 450 g/mol. The smallest absolute Gasteiger partial charge is 0.229 e. The Morgan fingerprint density at radius 2 is 1.14 bits per heavy atom. The van der Waals surface area contributed by atoms with Crippen molar-refractivity contribution in [1.29, 1.82) is 0 Å². The van der Waals surface area contributed by atoms with Crippen molar-refractivity contribution >= 4 is 45.3 Å². The van der Waals surface area contributed by atoms with E-state index in [0.717, 1.165) is 17.4 Å². The van der Waals surface area contributed by atoms with Gasteiger partial charge in [0.25, 0.3) is 0 Å². The second-order valence-electron chi connectivity index (χ2n) is 7.32. The summed E-state index contributed by atoms with van der Waals surface area (Å²) in [5, 5.41) is 0. The number of carbonyl (C=O) groups excluding carboxylic acids is 1. The topological polar surface area (TPSA) is 54.0 Å². The van der Waals surface area contributed by atoms with E-state index in [4.69, 9.17) is 17.7 Å². The minimum atomic E-state index is -0.467. The third-order valence-electron chi connectivity index (χ3n) is 4.65. The summed E-state index contributed by atoms with van der Waals surface area (Å²) in [5.74, 6) is 0. The van der Waals surface area contributed by atoms with Crippen LogP contribution < -0.4 is 0 Å². The predicted molar refractivity (Wildman–Crippen MR) is 116 cm³/mol. The molecule has 1 rings (SSSR count). The second kappa shape index (κ2) is 11.7. The van der Waals surface area contributed by atoms with Crippen LogP contribution in [0.1, 0.15) is 49.2 Å². The maximum atomic E-state index is 11.5. The molecule has 0 atom stereocenters. The molecule has 9 heteroatoms. The Morgan fingerprint density at radius 1 is 0.750 bits per heavy atom. The lowest BCUT2D eigenvalue weighted by atomic mass is 9.72. The molecule has 0 N–H and O–H groups in total. The molecule has 0 aliphatic rings. The summed E-state index contributed by atoms with van der Waals surface area (Å²) >= 11 is 0. The summed E-state index contributed by atoms with van der Waals surface area (Å²) in [7, 11) is 1.25. The Bertz CT molecular complexity index is 612. The van der Waals surface area contributed by atoms with Gasteiger partial charge in [-0.2, -0.15) is 0 Å². The van der Waals surface area contributed by atoms with Crippen LogP contribution in [0.5, 0.6) is 0 Å². The van der Waals surface area contributed by atoms with E-state index in [1.54, 1.807) is 0 Å². The molecular formula is C19H30O5Si4. The summed E-state index contributed by atoms with van der Waals surface area (Å²) in [6.45, 7) is 16.4. The standard InChI is InChI=1S/C19H30O5Si4/c1-18(2,16(21-25-5)22-26-6)14-10-9-13(12-20)11-15(14)19(3,4)17(23-27-7)24-28-8/h9-12,16-17H,1-8H3. The second-order valence-corrected chi connectivity index (χ2v) is 9.89. The average molecular weight is 451 g/mol. The fourth-order valence-corrected chi connectivity index (χ4v) is 5.47. The van der Waals surface area contributed by atoms with E-state index in [-0.39, 0.29) is 6.29 Å². The van der Waals surface area contributed by atoms with Crippen LogP contribution >= 0.6 is 0 Å². The van der Waals surface area contributed by atoms with E-state index in [2.05, 4.69) is 27.7 Å². The van der Waals surface area contributed by atoms with Gasteiger partial charge in [0.05, 0.1) is 0 Å². The maximum Gasteiger partial charge on any atom is 0.229 e. The van der Waals surface area contributed by atoms with Crippen LogP contribution in [0, 0.1) is 0 Å². The van der Waals surface area contributed by atoms with Crippen LogP contribution in [0.2, 0.25) is 26.2 Å². The average Bonchev–Trinajstić information content (AvgIpc) is 2.67. The highest BCUT2D eigenvalue weighted by atomic mass is 28.2. The number of aldehydes is 1. The molecule has 5 nitrogen and oxygen atoms in total. The number of carbonyl (C=O) groups is 1.